The average molecular weight is 482 g/mol. The quantitative estimate of drug-likeness (QED) is 0.410. The summed E-state index contributed by atoms with van der Waals surface area (Å²) in [6, 6.07) is 12.1. The first-order valence-electron chi connectivity index (χ1n) is 11.2. The first kappa shape index (κ1) is 24.4. The lowest BCUT2D eigenvalue weighted by molar-refractivity contribution is 0.145. The Bertz CT molecular complexity index is 1360. The summed E-state index contributed by atoms with van der Waals surface area (Å²) >= 11 is 0. The van der Waals surface area contributed by atoms with Crippen molar-refractivity contribution in [2.24, 2.45) is 5.73 Å². The molecular weight excluding hydrogens is 453 g/mol. The summed E-state index contributed by atoms with van der Waals surface area (Å²) in [5.74, 6) is -0.454. The number of hydrogen-bond donors (Lipinski definition) is 4. The van der Waals surface area contributed by atoms with Crippen LogP contribution in [0.5, 0.6) is 0 Å². The number of rotatable bonds is 7. The van der Waals surface area contributed by atoms with Gasteiger partial charge in [-0.3, -0.25) is 14.7 Å². The summed E-state index contributed by atoms with van der Waals surface area (Å²) < 4.78 is 20.1. The lowest BCUT2D eigenvalue weighted by Crippen LogP contribution is -2.39. The van der Waals surface area contributed by atoms with Gasteiger partial charge in [0.2, 0.25) is 0 Å². The van der Waals surface area contributed by atoms with E-state index >= 15 is 0 Å². The molecule has 35 heavy (non-hydrogen) atoms. The number of cyclic esters (lactones) is 1. The van der Waals surface area contributed by atoms with Gasteiger partial charge in [-0.05, 0) is 50.1 Å². The number of benzene rings is 2. The molecule has 3 aromatic rings. The van der Waals surface area contributed by atoms with Crippen molar-refractivity contribution in [3.05, 3.63) is 85.9 Å². The molecule has 1 aromatic heterocycles. The van der Waals surface area contributed by atoms with E-state index in [1.165, 1.54) is 11.0 Å². The lowest BCUT2D eigenvalue weighted by Gasteiger charge is -2.27. The summed E-state index contributed by atoms with van der Waals surface area (Å²) in [6.45, 7) is 6.37. The Labute approximate surface area is 201 Å². The molecular formula is C25H28FN5O4. The van der Waals surface area contributed by atoms with Gasteiger partial charge in [-0.1, -0.05) is 24.3 Å². The van der Waals surface area contributed by atoms with Crippen LogP contribution in [0, 0.1) is 12.7 Å². The number of ether oxygens (including phenoxy) is 1. The van der Waals surface area contributed by atoms with Crippen LogP contribution in [-0.4, -0.2) is 35.3 Å². The third-order valence-electron chi connectivity index (χ3n) is 6.28. The minimum atomic E-state index is -0.536. The van der Waals surface area contributed by atoms with E-state index in [0.29, 0.717) is 28.1 Å². The Morgan fingerprint density at radius 3 is 2.46 bits per heavy atom. The highest BCUT2D eigenvalue weighted by Crippen LogP contribution is 2.30. The van der Waals surface area contributed by atoms with Crippen LogP contribution in [0.3, 0.4) is 0 Å². The number of hydrogen-bond acceptors (Lipinski definition) is 6. The summed E-state index contributed by atoms with van der Waals surface area (Å²) in [5.41, 5.74) is 7.51. The van der Waals surface area contributed by atoms with Gasteiger partial charge in [0.15, 0.2) is 0 Å². The number of carbonyl (C=O) groups is 1. The molecule has 0 unspecified atom stereocenters. The van der Waals surface area contributed by atoms with Gasteiger partial charge < -0.3 is 20.8 Å². The van der Waals surface area contributed by atoms with E-state index < -0.39 is 34.8 Å². The molecule has 1 amide bonds. The van der Waals surface area contributed by atoms with Crippen LogP contribution in [0.25, 0.3) is 11.1 Å². The summed E-state index contributed by atoms with van der Waals surface area (Å²) in [6.07, 6.45) is -0.938. The summed E-state index contributed by atoms with van der Waals surface area (Å²) in [5, 5.41) is 3.34. The fourth-order valence-corrected chi connectivity index (χ4v) is 4.08. The summed E-state index contributed by atoms with van der Waals surface area (Å²) in [4.78, 5) is 41.7. The van der Waals surface area contributed by atoms with Crippen molar-refractivity contribution in [1.29, 1.82) is 0 Å². The Kier molecular flexibility index (Phi) is 6.60. The maximum Gasteiger partial charge on any atom is 0.414 e. The number of amides is 1. The lowest BCUT2D eigenvalue weighted by atomic mass is 9.92. The molecule has 1 saturated heterocycles. The van der Waals surface area contributed by atoms with Gasteiger partial charge in [-0.15, -0.1) is 0 Å². The van der Waals surface area contributed by atoms with E-state index in [1.54, 1.807) is 19.1 Å². The number of halogens is 1. The molecule has 1 fully saturated rings. The molecule has 0 spiro atoms. The third-order valence-corrected chi connectivity index (χ3v) is 6.28. The number of nitrogens with zero attached hydrogens (tertiary/aromatic N) is 1. The van der Waals surface area contributed by atoms with E-state index in [2.05, 4.69) is 15.3 Å². The van der Waals surface area contributed by atoms with Gasteiger partial charge in [0.1, 0.15) is 11.9 Å². The van der Waals surface area contributed by atoms with Crippen LogP contribution >= 0.6 is 0 Å². The zero-order valence-corrected chi connectivity index (χ0v) is 19.8. The number of aryl methyl sites for hydroxylation is 1. The number of aromatic amines is 2. The zero-order chi connectivity index (χ0) is 25.3. The zero-order valence-electron chi connectivity index (χ0n) is 19.8. The first-order chi connectivity index (χ1) is 16.6. The van der Waals surface area contributed by atoms with Crippen molar-refractivity contribution in [3.8, 4) is 11.1 Å². The molecule has 9 nitrogen and oxygen atoms in total. The minimum absolute atomic E-state index is 0.210. The normalized spacial score (nSPS) is 16.0. The van der Waals surface area contributed by atoms with Crippen molar-refractivity contribution in [2.45, 2.75) is 39.0 Å². The van der Waals surface area contributed by atoms with Crippen molar-refractivity contribution < 1.29 is 13.9 Å². The van der Waals surface area contributed by atoms with Gasteiger partial charge >= 0.3 is 11.8 Å². The van der Waals surface area contributed by atoms with E-state index in [1.807, 2.05) is 38.1 Å². The topological polar surface area (TPSA) is 133 Å². The number of nitrogens with one attached hydrogen (secondary N) is 3. The fraction of sp³-hybridized carbons (Fsp3) is 0.320. The molecule has 1 aliphatic rings. The molecule has 0 saturated carbocycles. The first-order valence-corrected chi connectivity index (χ1v) is 11.2. The van der Waals surface area contributed by atoms with E-state index in [-0.39, 0.29) is 19.6 Å². The largest absolute Gasteiger partial charge is 0.443 e. The number of aromatic nitrogens is 2. The Hall–Kier alpha value is -3.76. The Morgan fingerprint density at radius 1 is 1.14 bits per heavy atom. The molecule has 0 bridgehead atoms. The van der Waals surface area contributed by atoms with E-state index in [0.717, 1.165) is 5.56 Å². The fourth-order valence-electron chi connectivity index (χ4n) is 4.08. The second-order valence-electron chi connectivity index (χ2n) is 9.08. The molecule has 0 radical (unpaired) electrons. The third kappa shape index (κ3) is 5.03. The molecule has 10 heteroatoms. The van der Waals surface area contributed by atoms with Gasteiger partial charge in [0.05, 0.1) is 17.8 Å². The minimum Gasteiger partial charge on any atom is -0.443 e. The Balaban J connectivity index is 1.50. The van der Waals surface area contributed by atoms with Crippen LogP contribution in [0.2, 0.25) is 0 Å². The Morgan fingerprint density at radius 2 is 1.86 bits per heavy atom. The highest BCUT2D eigenvalue weighted by molar-refractivity contribution is 5.90. The predicted octanol–water partition coefficient (Wildman–Crippen LogP) is 2.49. The molecule has 2 heterocycles. The second-order valence-corrected chi connectivity index (χ2v) is 9.08. The summed E-state index contributed by atoms with van der Waals surface area (Å²) in [7, 11) is 0. The highest BCUT2D eigenvalue weighted by atomic mass is 19.1. The maximum absolute atomic E-state index is 15.0. The van der Waals surface area contributed by atoms with Gasteiger partial charge in [0.25, 0.3) is 5.56 Å². The molecule has 184 valence electrons. The van der Waals surface area contributed by atoms with Crippen LogP contribution in [0.15, 0.2) is 52.1 Å². The smallest absolute Gasteiger partial charge is 0.414 e. The highest BCUT2D eigenvalue weighted by Gasteiger charge is 2.31. The monoisotopic (exact) mass is 481 g/mol. The van der Waals surface area contributed by atoms with Crippen molar-refractivity contribution in [2.75, 3.05) is 18.0 Å². The van der Waals surface area contributed by atoms with Crippen LogP contribution < -0.4 is 27.2 Å². The number of H-pyrrole nitrogens is 2. The SMILES string of the molecule is Cc1[nH]c(=O)[nH]c(=O)c1CNC(C)(C)c1ccc(-c2ccc(N3C[C@H](CN)OC3=O)cc2F)cc1. The number of anilines is 1. The van der Waals surface area contributed by atoms with Crippen LogP contribution in [0.1, 0.15) is 30.7 Å². The van der Waals surface area contributed by atoms with Gasteiger partial charge in [-0.25, -0.2) is 14.0 Å². The second kappa shape index (κ2) is 9.47. The molecule has 4 rings (SSSR count). The standard InChI is InChI=1S/C25H28FN5O4/c1-14-20(22(32)30-23(33)29-14)12-28-25(2,3)16-6-4-15(5-7-16)19-9-8-17(10-21(19)26)31-13-18(11-27)35-24(31)34/h4-10,18,28H,11-13,27H2,1-3H3,(H2,29,30,32,33)/t18-/m0/s1. The van der Waals surface area contributed by atoms with Gasteiger partial charge in [0, 0.05) is 29.9 Å². The van der Waals surface area contributed by atoms with E-state index in [4.69, 9.17) is 10.5 Å². The number of carbonyl (C=O) groups excluding carboxylic acids is 1. The van der Waals surface area contributed by atoms with Gasteiger partial charge in [-0.2, -0.15) is 0 Å². The molecule has 2 aromatic carbocycles. The van der Waals surface area contributed by atoms with Crippen LogP contribution in [-0.2, 0) is 16.8 Å². The maximum atomic E-state index is 15.0. The van der Waals surface area contributed by atoms with E-state index in [9.17, 15) is 18.8 Å². The predicted molar refractivity (Wildman–Crippen MR) is 131 cm³/mol. The molecule has 5 N–H and O–H groups in total. The number of nitrogens with two attached hydrogens (primary N) is 1. The van der Waals surface area contributed by atoms with Crippen molar-refractivity contribution in [1.82, 2.24) is 15.3 Å². The molecule has 1 atom stereocenters. The molecule has 0 aliphatic carbocycles. The molecule has 1 aliphatic heterocycles. The van der Waals surface area contributed by atoms with Crippen molar-refractivity contribution >= 4 is 11.8 Å². The van der Waals surface area contributed by atoms with Crippen LogP contribution in [0.4, 0.5) is 14.9 Å². The average Bonchev–Trinajstić information content (AvgIpc) is 3.19. The van der Waals surface area contributed by atoms with Crippen molar-refractivity contribution in [3.63, 3.8) is 0 Å².